The van der Waals surface area contributed by atoms with E-state index in [-0.39, 0.29) is 24.4 Å². The van der Waals surface area contributed by atoms with Crippen LogP contribution in [0.1, 0.15) is 18.9 Å². The van der Waals surface area contributed by atoms with Gasteiger partial charge in [0, 0.05) is 17.5 Å². The fraction of sp³-hybridized carbons (Fsp3) is 0.462. The Kier molecular flexibility index (Phi) is 8.89. The van der Waals surface area contributed by atoms with Crippen LogP contribution in [0, 0.1) is 6.92 Å². The molecule has 0 bridgehead atoms. The van der Waals surface area contributed by atoms with Crippen LogP contribution in [0.15, 0.2) is 29.2 Å². The number of carbonyl (C=O) groups excluding carboxylic acids is 1. The number of carbonyl (C=O) groups is 1. The number of hydrogen-bond donors (Lipinski definition) is 2. The van der Waals surface area contributed by atoms with E-state index in [0.717, 1.165) is 11.3 Å². The second-order valence-electron chi connectivity index (χ2n) is 4.22. The molecule has 1 amide bonds. The molecule has 5 heteroatoms. The summed E-state index contributed by atoms with van der Waals surface area (Å²) in [7, 11) is 0. The molecule has 102 valence electrons. The van der Waals surface area contributed by atoms with E-state index in [2.05, 4.69) is 24.4 Å². The summed E-state index contributed by atoms with van der Waals surface area (Å²) < 4.78 is 0. The molecule has 1 rings (SSSR count). The highest BCUT2D eigenvalue weighted by atomic mass is 35.5. The van der Waals surface area contributed by atoms with Crippen LogP contribution in [0.3, 0.4) is 0 Å². The van der Waals surface area contributed by atoms with Crippen LogP contribution in [-0.2, 0) is 4.79 Å². The van der Waals surface area contributed by atoms with Crippen molar-refractivity contribution in [3.05, 3.63) is 29.8 Å². The third-order valence-electron chi connectivity index (χ3n) is 2.31. The van der Waals surface area contributed by atoms with Crippen molar-refractivity contribution in [3.63, 3.8) is 0 Å². The van der Waals surface area contributed by atoms with E-state index < -0.39 is 0 Å². The van der Waals surface area contributed by atoms with Crippen molar-refractivity contribution in [1.29, 1.82) is 0 Å². The van der Waals surface area contributed by atoms with Gasteiger partial charge in [0.25, 0.3) is 0 Å². The number of halogens is 1. The Morgan fingerprint density at radius 2 is 2.00 bits per heavy atom. The molecule has 3 N–H and O–H groups in total. The first-order valence-electron chi connectivity index (χ1n) is 5.79. The standard InChI is InChI=1S/C13H20N2OS.ClH/c1-10-3-5-12(6-4-10)17-9-13(16)15-8-7-11(2)14;/h3-6,11H,7-9,14H2,1-2H3,(H,15,16);1H. The number of amides is 1. The first-order valence-corrected chi connectivity index (χ1v) is 6.78. The average molecular weight is 289 g/mol. The minimum atomic E-state index is 0. The fourth-order valence-electron chi connectivity index (χ4n) is 1.27. The Bertz CT molecular complexity index is 355. The monoisotopic (exact) mass is 288 g/mol. The van der Waals surface area contributed by atoms with E-state index in [1.54, 1.807) is 11.8 Å². The number of hydrogen-bond acceptors (Lipinski definition) is 3. The van der Waals surface area contributed by atoms with Gasteiger partial charge in [0.2, 0.25) is 5.91 Å². The number of nitrogens with two attached hydrogens (primary N) is 1. The van der Waals surface area contributed by atoms with Crippen molar-refractivity contribution in [3.8, 4) is 0 Å². The average Bonchev–Trinajstić information content (AvgIpc) is 2.28. The predicted octanol–water partition coefficient (Wildman–Crippen LogP) is 2.36. The maximum Gasteiger partial charge on any atom is 0.230 e. The van der Waals surface area contributed by atoms with Gasteiger partial charge in [-0.3, -0.25) is 4.79 Å². The highest BCUT2D eigenvalue weighted by Crippen LogP contribution is 2.17. The van der Waals surface area contributed by atoms with Gasteiger partial charge >= 0.3 is 0 Å². The van der Waals surface area contributed by atoms with Crippen LogP contribution in [0.5, 0.6) is 0 Å². The van der Waals surface area contributed by atoms with Crippen LogP contribution in [-0.4, -0.2) is 24.2 Å². The summed E-state index contributed by atoms with van der Waals surface area (Å²) in [5, 5.41) is 2.86. The van der Waals surface area contributed by atoms with Crippen LogP contribution >= 0.6 is 24.2 Å². The molecule has 0 saturated heterocycles. The zero-order valence-corrected chi connectivity index (χ0v) is 12.4. The van der Waals surface area contributed by atoms with E-state index in [0.29, 0.717) is 12.3 Å². The topological polar surface area (TPSA) is 55.1 Å². The van der Waals surface area contributed by atoms with Gasteiger partial charge < -0.3 is 11.1 Å². The highest BCUT2D eigenvalue weighted by Gasteiger charge is 2.02. The van der Waals surface area contributed by atoms with E-state index in [9.17, 15) is 4.79 Å². The highest BCUT2D eigenvalue weighted by molar-refractivity contribution is 8.00. The lowest BCUT2D eigenvalue weighted by molar-refractivity contribution is -0.118. The second-order valence-corrected chi connectivity index (χ2v) is 5.27. The Morgan fingerprint density at radius 1 is 1.39 bits per heavy atom. The number of rotatable bonds is 6. The lowest BCUT2D eigenvalue weighted by Gasteiger charge is -2.07. The molecule has 0 saturated carbocycles. The Balaban J connectivity index is 0.00000289. The molecule has 0 spiro atoms. The van der Waals surface area contributed by atoms with E-state index in [1.165, 1.54) is 5.56 Å². The number of benzene rings is 1. The van der Waals surface area contributed by atoms with E-state index >= 15 is 0 Å². The van der Waals surface area contributed by atoms with Crippen LogP contribution in [0.2, 0.25) is 0 Å². The summed E-state index contributed by atoms with van der Waals surface area (Å²) in [5.41, 5.74) is 6.83. The minimum Gasteiger partial charge on any atom is -0.355 e. The molecule has 3 nitrogen and oxygen atoms in total. The molecule has 18 heavy (non-hydrogen) atoms. The Labute approximate surface area is 119 Å². The maximum atomic E-state index is 11.5. The van der Waals surface area contributed by atoms with Gasteiger partial charge in [0.05, 0.1) is 5.75 Å². The van der Waals surface area contributed by atoms with Crippen molar-refractivity contribution in [2.24, 2.45) is 5.73 Å². The number of aryl methyl sites for hydroxylation is 1. The third-order valence-corrected chi connectivity index (χ3v) is 3.32. The van der Waals surface area contributed by atoms with Crippen LogP contribution in [0.4, 0.5) is 0 Å². The molecule has 1 unspecified atom stereocenters. The van der Waals surface area contributed by atoms with Gasteiger partial charge in [-0.1, -0.05) is 17.7 Å². The summed E-state index contributed by atoms with van der Waals surface area (Å²) in [5.74, 6) is 0.526. The van der Waals surface area contributed by atoms with Gasteiger partial charge in [-0.15, -0.1) is 24.2 Å². The second kappa shape index (κ2) is 9.25. The SMILES string of the molecule is Cc1ccc(SCC(=O)NCCC(C)N)cc1.Cl. The van der Waals surface area contributed by atoms with Crippen molar-refractivity contribution in [2.45, 2.75) is 31.2 Å². The van der Waals surface area contributed by atoms with Crippen molar-refractivity contribution >= 4 is 30.1 Å². The maximum absolute atomic E-state index is 11.5. The van der Waals surface area contributed by atoms with Gasteiger partial charge in [0.15, 0.2) is 0 Å². The molecule has 1 aromatic carbocycles. The molecule has 0 aliphatic heterocycles. The van der Waals surface area contributed by atoms with Crippen molar-refractivity contribution in [1.82, 2.24) is 5.32 Å². The zero-order valence-electron chi connectivity index (χ0n) is 10.8. The van der Waals surface area contributed by atoms with Crippen LogP contribution < -0.4 is 11.1 Å². The summed E-state index contributed by atoms with van der Waals surface area (Å²) in [6, 6.07) is 8.32. The normalized spacial score (nSPS) is 11.5. The molecule has 0 aromatic heterocycles. The van der Waals surface area contributed by atoms with Crippen molar-refractivity contribution < 1.29 is 4.79 Å². The summed E-state index contributed by atoms with van der Waals surface area (Å²) in [4.78, 5) is 12.6. The van der Waals surface area contributed by atoms with Gasteiger partial charge in [-0.05, 0) is 32.4 Å². The Morgan fingerprint density at radius 3 is 2.56 bits per heavy atom. The summed E-state index contributed by atoms with van der Waals surface area (Å²) in [6.07, 6.45) is 0.820. The number of nitrogens with one attached hydrogen (secondary N) is 1. The molecule has 0 heterocycles. The third kappa shape index (κ3) is 7.58. The summed E-state index contributed by atoms with van der Waals surface area (Å²) >= 11 is 1.55. The molecule has 1 atom stereocenters. The Hall–Kier alpha value is -0.710. The van der Waals surface area contributed by atoms with Crippen LogP contribution in [0.25, 0.3) is 0 Å². The fourth-order valence-corrected chi connectivity index (χ4v) is 2.00. The van der Waals surface area contributed by atoms with Gasteiger partial charge in [-0.25, -0.2) is 0 Å². The van der Waals surface area contributed by atoms with E-state index in [1.807, 2.05) is 19.1 Å². The predicted molar refractivity (Wildman–Crippen MR) is 80.4 cm³/mol. The molecule has 0 aliphatic rings. The first-order chi connectivity index (χ1) is 8.08. The largest absolute Gasteiger partial charge is 0.355 e. The lowest BCUT2D eigenvalue weighted by Crippen LogP contribution is -2.30. The quantitative estimate of drug-likeness (QED) is 0.790. The zero-order chi connectivity index (χ0) is 12.7. The van der Waals surface area contributed by atoms with Gasteiger partial charge in [0.1, 0.15) is 0 Å². The first kappa shape index (κ1) is 17.3. The van der Waals surface area contributed by atoms with E-state index in [4.69, 9.17) is 5.73 Å². The molecular formula is C13H21ClN2OS. The van der Waals surface area contributed by atoms with Gasteiger partial charge in [-0.2, -0.15) is 0 Å². The molecule has 0 fully saturated rings. The molecular weight excluding hydrogens is 268 g/mol. The lowest BCUT2D eigenvalue weighted by atomic mass is 10.2. The molecule has 0 radical (unpaired) electrons. The molecule has 0 aliphatic carbocycles. The minimum absolute atomic E-state index is 0. The van der Waals surface area contributed by atoms with Crippen molar-refractivity contribution in [2.75, 3.05) is 12.3 Å². The molecule has 1 aromatic rings. The smallest absolute Gasteiger partial charge is 0.230 e. The summed E-state index contributed by atoms with van der Waals surface area (Å²) in [6.45, 7) is 4.65. The number of thioether (sulfide) groups is 1.